The first kappa shape index (κ1) is 27.6. The van der Waals surface area contributed by atoms with E-state index in [1.807, 2.05) is 13.1 Å². The van der Waals surface area contributed by atoms with Gasteiger partial charge in [-0.15, -0.1) is 0 Å². The Kier molecular flexibility index (Phi) is 8.99. The van der Waals surface area contributed by atoms with Crippen molar-refractivity contribution in [2.24, 2.45) is 10.1 Å². The zero-order valence-electron chi connectivity index (χ0n) is 20.4. The summed E-state index contributed by atoms with van der Waals surface area (Å²) in [5.41, 5.74) is 1.39. The molecule has 0 saturated carbocycles. The van der Waals surface area contributed by atoms with E-state index in [-0.39, 0.29) is 35.9 Å². The van der Waals surface area contributed by atoms with E-state index in [9.17, 15) is 18.8 Å². The standard InChI is InChI=1S/C25H25Cl2F2N7O2/c1-2-35-10-4-7-21(35)23(37)33-20-13-36(34-22(20)15-8-9-18(26)19(27)11-15)25(31-14-30)32-16-5-3-6-17(12-16)38-24(28)29/h3,5-6,8-9,11-12,20-21,24H,2,4,7,10,13H2,1H3,(H,31,32)(H,33,37)/t20?,21-/m1/s1. The lowest BCUT2D eigenvalue weighted by Gasteiger charge is -2.24. The highest BCUT2D eigenvalue weighted by atomic mass is 35.5. The molecular formula is C25H25Cl2F2N7O2. The molecule has 38 heavy (non-hydrogen) atoms. The number of nitrogens with one attached hydrogen (secondary N) is 2. The molecule has 2 atom stereocenters. The molecule has 13 heteroatoms. The van der Waals surface area contributed by atoms with Crippen LogP contribution in [0.5, 0.6) is 5.75 Å². The Bertz CT molecular complexity index is 1280. The van der Waals surface area contributed by atoms with Crippen LogP contribution in [-0.4, -0.2) is 65.8 Å². The highest BCUT2D eigenvalue weighted by Crippen LogP contribution is 2.27. The number of halogens is 4. The Morgan fingerprint density at radius 1 is 1.29 bits per heavy atom. The van der Waals surface area contributed by atoms with Gasteiger partial charge >= 0.3 is 6.61 Å². The van der Waals surface area contributed by atoms with E-state index in [0.717, 1.165) is 25.9 Å². The number of benzene rings is 2. The molecule has 2 heterocycles. The predicted molar refractivity (Wildman–Crippen MR) is 141 cm³/mol. The number of rotatable bonds is 7. The maximum Gasteiger partial charge on any atom is 0.387 e. The van der Waals surface area contributed by atoms with Gasteiger partial charge in [0.1, 0.15) is 5.75 Å². The van der Waals surface area contributed by atoms with Crippen molar-refractivity contribution in [1.29, 1.82) is 5.26 Å². The van der Waals surface area contributed by atoms with Crippen LogP contribution in [0.2, 0.25) is 10.0 Å². The smallest absolute Gasteiger partial charge is 0.387 e. The number of hydrogen-bond donors (Lipinski definition) is 2. The number of aliphatic imine (C=N–C) groups is 1. The van der Waals surface area contributed by atoms with E-state index in [1.54, 1.807) is 24.3 Å². The van der Waals surface area contributed by atoms with Crippen LogP contribution in [0.25, 0.3) is 0 Å². The molecule has 2 aromatic rings. The number of hydrogen-bond acceptors (Lipinski definition) is 6. The zero-order chi connectivity index (χ0) is 27.2. The van der Waals surface area contributed by atoms with Crippen molar-refractivity contribution in [1.82, 2.24) is 20.5 Å². The fraction of sp³-hybridized carbons (Fsp3) is 0.360. The van der Waals surface area contributed by atoms with Crippen molar-refractivity contribution in [3.05, 3.63) is 58.1 Å². The van der Waals surface area contributed by atoms with Gasteiger partial charge < -0.3 is 10.1 Å². The normalized spacial score (nSPS) is 19.9. The number of carbonyl (C=O) groups excluding carboxylic acids is 1. The fourth-order valence-electron chi connectivity index (χ4n) is 4.48. The summed E-state index contributed by atoms with van der Waals surface area (Å²) < 4.78 is 29.7. The molecule has 2 aliphatic rings. The molecule has 1 amide bonds. The molecule has 2 aliphatic heterocycles. The molecule has 200 valence electrons. The van der Waals surface area contributed by atoms with E-state index < -0.39 is 12.7 Å². The lowest BCUT2D eigenvalue weighted by Crippen LogP contribution is -2.51. The van der Waals surface area contributed by atoms with Crippen LogP contribution in [0.4, 0.5) is 14.5 Å². The average molecular weight is 564 g/mol. The summed E-state index contributed by atoms with van der Waals surface area (Å²) in [6.07, 6.45) is 3.52. The molecule has 0 aromatic heterocycles. The van der Waals surface area contributed by atoms with Crippen LogP contribution in [0, 0.1) is 11.5 Å². The van der Waals surface area contributed by atoms with Gasteiger partial charge in [0.05, 0.1) is 40.1 Å². The molecule has 0 aliphatic carbocycles. The maximum atomic E-state index is 13.2. The Morgan fingerprint density at radius 2 is 2.11 bits per heavy atom. The number of nitriles is 1. The molecule has 4 rings (SSSR count). The van der Waals surface area contributed by atoms with E-state index in [0.29, 0.717) is 21.3 Å². The number of guanidine groups is 1. The summed E-state index contributed by atoms with van der Waals surface area (Å²) in [5.74, 6) is -0.166. The first-order chi connectivity index (χ1) is 18.3. The minimum absolute atomic E-state index is 0.0343. The number of ether oxygens (including phenoxy) is 1. The van der Waals surface area contributed by atoms with Crippen molar-refractivity contribution in [3.63, 3.8) is 0 Å². The molecule has 2 aromatic carbocycles. The number of carbonyl (C=O) groups is 1. The van der Waals surface area contributed by atoms with Crippen molar-refractivity contribution >= 4 is 46.5 Å². The third-order valence-corrected chi connectivity index (χ3v) is 6.95. The summed E-state index contributed by atoms with van der Waals surface area (Å²) >= 11 is 12.4. The minimum atomic E-state index is -2.99. The number of nitrogens with zero attached hydrogens (tertiary/aromatic N) is 5. The number of alkyl halides is 2. The molecule has 9 nitrogen and oxygen atoms in total. The maximum absolute atomic E-state index is 13.2. The van der Waals surface area contributed by atoms with Crippen molar-refractivity contribution in [2.45, 2.75) is 38.5 Å². The second-order valence-electron chi connectivity index (χ2n) is 8.59. The fourth-order valence-corrected chi connectivity index (χ4v) is 4.78. The lowest BCUT2D eigenvalue weighted by molar-refractivity contribution is -0.125. The third-order valence-electron chi connectivity index (χ3n) is 6.21. The Labute approximate surface area is 228 Å². The minimum Gasteiger partial charge on any atom is -0.435 e. The van der Waals surface area contributed by atoms with Gasteiger partial charge in [0, 0.05) is 11.6 Å². The van der Waals surface area contributed by atoms with Gasteiger partial charge in [-0.1, -0.05) is 42.3 Å². The summed E-state index contributed by atoms with van der Waals surface area (Å²) in [7, 11) is 0. The number of likely N-dealkylation sites (tertiary alicyclic amines) is 1. The predicted octanol–water partition coefficient (Wildman–Crippen LogP) is 4.34. The molecule has 1 unspecified atom stereocenters. The SMILES string of the molecule is CCN1CCC[C@@H]1C(=O)NC1CN(C(=Nc2cccc(OC(F)F)c2)NC#N)N=C1c1ccc(Cl)c(Cl)c1. The van der Waals surface area contributed by atoms with Crippen LogP contribution in [-0.2, 0) is 4.79 Å². The summed E-state index contributed by atoms with van der Waals surface area (Å²) in [6, 6.07) is 9.97. The van der Waals surface area contributed by atoms with Crippen molar-refractivity contribution in [2.75, 3.05) is 19.6 Å². The first-order valence-corrected chi connectivity index (χ1v) is 12.7. The third kappa shape index (κ3) is 6.51. The van der Waals surface area contributed by atoms with Crippen LogP contribution >= 0.6 is 23.2 Å². The van der Waals surface area contributed by atoms with Gasteiger partial charge in [-0.25, -0.2) is 10.0 Å². The molecular weight excluding hydrogens is 539 g/mol. The van der Waals surface area contributed by atoms with Crippen LogP contribution < -0.4 is 15.4 Å². The van der Waals surface area contributed by atoms with Gasteiger partial charge in [-0.2, -0.15) is 19.1 Å². The monoisotopic (exact) mass is 563 g/mol. The molecule has 0 spiro atoms. The average Bonchev–Trinajstić information content (AvgIpc) is 3.53. The van der Waals surface area contributed by atoms with Crippen LogP contribution in [0.15, 0.2) is 52.6 Å². The second-order valence-corrected chi connectivity index (χ2v) is 9.41. The second kappa shape index (κ2) is 12.4. The van der Waals surface area contributed by atoms with Crippen LogP contribution in [0.1, 0.15) is 25.3 Å². The number of amides is 1. The Morgan fingerprint density at radius 3 is 2.82 bits per heavy atom. The van der Waals surface area contributed by atoms with Gasteiger partial charge in [-0.3, -0.25) is 15.0 Å². The summed E-state index contributed by atoms with van der Waals surface area (Å²) in [6.45, 7) is 0.802. The molecule has 0 radical (unpaired) electrons. The van der Waals surface area contributed by atoms with E-state index in [4.69, 9.17) is 23.2 Å². The van der Waals surface area contributed by atoms with Gasteiger partial charge in [0.2, 0.25) is 11.9 Å². The van der Waals surface area contributed by atoms with E-state index in [2.05, 4.69) is 30.4 Å². The topological polar surface area (TPSA) is 105 Å². The van der Waals surface area contributed by atoms with E-state index in [1.165, 1.54) is 23.2 Å². The quantitative estimate of drug-likeness (QED) is 0.225. The first-order valence-electron chi connectivity index (χ1n) is 11.9. The number of likely N-dealkylation sites (N-methyl/N-ethyl adjacent to an activating group) is 1. The van der Waals surface area contributed by atoms with Gasteiger partial charge in [0.15, 0.2) is 6.19 Å². The summed E-state index contributed by atoms with van der Waals surface area (Å²) in [4.78, 5) is 19.7. The largest absolute Gasteiger partial charge is 0.435 e. The lowest BCUT2D eigenvalue weighted by atomic mass is 10.0. The highest BCUT2D eigenvalue weighted by Gasteiger charge is 2.36. The molecule has 1 saturated heterocycles. The Balaban J connectivity index is 1.66. The van der Waals surface area contributed by atoms with Gasteiger partial charge in [0.25, 0.3) is 0 Å². The zero-order valence-corrected chi connectivity index (χ0v) is 21.9. The molecule has 0 bridgehead atoms. The highest BCUT2D eigenvalue weighted by molar-refractivity contribution is 6.42. The summed E-state index contributed by atoms with van der Waals surface area (Å²) in [5, 5.41) is 21.7. The van der Waals surface area contributed by atoms with Crippen LogP contribution in [0.3, 0.4) is 0 Å². The van der Waals surface area contributed by atoms with Gasteiger partial charge in [-0.05, 0) is 50.2 Å². The van der Waals surface area contributed by atoms with Crippen molar-refractivity contribution in [3.8, 4) is 11.9 Å². The molecule has 2 N–H and O–H groups in total. The molecule has 1 fully saturated rings. The Hall–Kier alpha value is -3.46. The van der Waals surface area contributed by atoms with Crippen molar-refractivity contribution < 1.29 is 18.3 Å². The van der Waals surface area contributed by atoms with E-state index >= 15 is 0 Å². The number of hydrazone groups is 1.